The molecule has 1 aliphatic rings. The number of hydrogen-bond acceptors (Lipinski definition) is 3. The van der Waals surface area contributed by atoms with Gasteiger partial charge in [0.25, 0.3) is 0 Å². The highest BCUT2D eigenvalue weighted by atomic mass is 32.2. The van der Waals surface area contributed by atoms with Crippen molar-refractivity contribution in [3.63, 3.8) is 0 Å². The zero-order valence-corrected chi connectivity index (χ0v) is 10.5. The molecule has 3 heteroatoms. The third-order valence-electron chi connectivity index (χ3n) is 3.18. The van der Waals surface area contributed by atoms with Gasteiger partial charge in [0.05, 0.1) is 12.1 Å². The Bertz CT molecular complexity index is 348. The molecule has 1 aliphatic heterocycles. The Balaban J connectivity index is 2.11. The van der Waals surface area contributed by atoms with Gasteiger partial charge >= 0.3 is 0 Å². The van der Waals surface area contributed by atoms with E-state index in [9.17, 15) is 5.11 Å². The Labute approximate surface area is 101 Å². The number of benzene rings is 1. The maximum Gasteiger partial charge on any atom is 0.0662 e. The lowest BCUT2D eigenvalue weighted by molar-refractivity contribution is 0.202. The van der Waals surface area contributed by atoms with Crippen LogP contribution in [0.1, 0.15) is 18.4 Å². The lowest BCUT2D eigenvalue weighted by atomic mass is 9.92. The van der Waals surface area contributed by atoms with Crippen LogP contribution in [-0.2, 0) is 0 Å². The van der Waals surface area contributed by atoms with E-state index in [-0.39, 0.29) is 12.1 Å². The second-order valence-electron chi connectivity index (χ2n) is 4.55. The summed E-state index contributed by atoms with van der Waals surface area (Å²) in [5.41, 5.74) is 2.28. The predicted molar refractivity (Wildman–Crippen MR) is 71.2 cm³/mol. The van der Waals surface area contributed by atoms with Crippen LogP contribution in [0.15, 0.2) is 24.3 Å². The fourth-order valence-corrected chi connectivity index (χ4v) is 3.39. The summed E-state index contributed by atoms with van der Waals surface area (Å²) in [6.07, 6.45) is 2.09. The van der Waals surface area contributed by atoms with Crippen LogP contribution < -0.4 is 5.32 Å². The molecule has 1 aromatic rings. The monoisotopic (exact) mass is 237 g/mol. The Morgan fingerprint density at radius 3 is 2.75 bits per heavy atom. The van der Waals surface area contributed by atoms with Crippen LogP contribution >= 0.6 is 11.8 Å². The topological polar surface area (TPSA) is 32.3 Å². The smallest absolute Gasteiger partial charge is 0.0662 e. The molecule has 0 aromatic heterocycles. The molecule has 0 unspecified atom stereocenters. The summed E-state index contributed by atoms with van der Waals surface area (Å²) >= 11 is 1.98. The van der Waals surface area contributed by atoms with Gasteiger partial charge in [-0.15, -0.1) is 0 Å². The second-order valence-corrected chi connectivity index (χ2v) is 5.77. The Morgan fingerprint density at radius 1 is 1.38 bits per heavy atom. The van der Waals surface area contributed by atoms with E-state index in [2.05, 4.69) is 36.5 Å². The first kappa shape index (κ1) is 11.8. The number of thioether (sulfide) groups is 1. The van der Waals surface area contributed by atoms with Gasteiger partial charge in [0.1, 0.15) is 0 Å². The number of aliphatic hydroxyl groups excluding tert-OH is 1. The Morgan fingerprint density at radius 2 is 2.12 bits per heavy atom. The first-order valence-electron chi connectivity index (χ1n) is 5.78. The van der Waals surface area contributed by atoms with Gasteiger partial charge in [-0.25, -0.2) is 0 Å². The minimum absolute atomic E-state index is 0.0982. The number of aryl methyl sites for hydroxylation is 1. The van der Waals surface area contributed by atoms with Gasteiger partial charge in [0.15, 0.2) is 0 Å². The molecule has 1 saturated heterocycles. The van der Waals surface area contributed by atoms with E-state index < -0.39 is 0 Å². The first-order valence-corrected chi connectivity index (χ1v) is 6.93. The lowest BCUT2D eigenvalue weighted by Gasteiger charge is -2.37. The third-order valence-corrected chi connectivity index (χ3v) is 4.17. The van der Waals surface area contributed by atoms with Crippen molar-refractivity contribution in [3.8, 4) is 0 Å². The number of nitrogens with one attached hydrogen (secondary N) is 1. The number of rotatable bonds is 3. The van der Waals surface area contributed by atoms with Crippen molar-refractivity contribution < 1.29 is 5.11 Å². The Kier molecular flexibility index (Phi) is 3.77. The fraction of sp³-hybridized carbons (Fsp3) is 0.538. The van der Waals surface area contributed by atoms with Crippen molar-refractivity contribution in [2.24, 2.45) is 0 Å². The van der Waals surface area contributed by atoms with Gasteiger partial charge in [0, 0.05) is 5.69 Å². The molecule has 88 valence electrons. The van der Waals surface area contributed by atoms with E-state index in [1.807, 2.05) is 11.8 Å². The molecule has 1 heterocycles. The van der Waals surface area contributed by atoms with Gasteiger partial charge in [-0.05, 0) is 49.0 Å². The van der Waals surface area contributed by atoms with Crippen LogP contribution in [0.25, 0.3) is 0 Å². The van der Waals surface area contributed by atoms with Gasteiger partial charge in [-0.2, -0.15) is 11.8 Å². The Hall–Kier alpha value is -0.670. The van der Waals surface area contributed by atoms with E-state index in [4.69, 9.17) is 0 Å². The summed E-state index contributed by atoms with van der Waals surface area (Å²) in [6.45, 7) is 2.31. The first-order chi connectivity index (χ1) is 7.74. The van der Waals surface area contributed by atoms with Crippen molar-refractivity contribution in [1.29, 1.82) is 0 Å². The van der Waals surface area contributed by atoms with Crippen molar-refractivity contribution in [3.05, 3.63) is 29.8 Å². The number of aliphatic hydroxyl groups is 1. The normalized spacial score (nSPS) is 19.4. The SMILES string of the molecule is Cc1cccc(NC2(CO)CCSCC2)c1. The molecule has 1 fully saturated rings. The molecule has 0 radical (unpaired) electrons. The molecular formula is C13H19NOS. The average molecular weight is 237 g/mol. The van der Waals surface area contributed by atoms with Gasteiger partial charge < -0.3 is 10.4 Å². The molecule has 0 spiro atoms. The zero-order chi connectivity index (χ0) is 11.4. The summed E-state index contributed by atoms with van der Waals surface area (Å²) in [7, 11) is 0. The standard InChI is InChI=1S/C13H19NOS/c1-11-3-2-4-12(9-11)14-13(10-15)5-7-16-8-6-13/h2-4,9,14-15H,5-8,10H2,1H3. The molecule has 2 rings (SSSR count). The van der Waals surface area contributed by atoms with Crippen molar-refractivity contribution in [2.45, 2.75) is 25.3 Å². The minimum Gasteiger partial charge on any atom is -0.394 e. The summed E-state index contributed by atoms with van der Waals surface area (Å²) in [5.74, 6) is 2.28. The van der Waals surface area contributed by atoms with E-state index in [1.54, 1.807) is 0 Å². The third kappa shape index (κ3) is 2.71. The maximum absolute atomic E-state index is 9.60. The number of hydrogen-bond donors (Lipinski definition) is 2. The largest absolute Gasteiger partial charge is 0.394 e. The fourth-order valence-electron chi connectivity index (χ4n) is 2.11. The summed E-state index contributed by atoms with van der Waals surface area (Å²) in [6, 6.07) is 8.36. The quantitative estimate of drug-likeness (QED) is 0.847. The lowest BCUT2D eigenvalue weighted by Crippen LogP contribution is -2.45. The molecule has 2 N–H and O–H groups in total. The molecule has 1 aromatic carbocycles. The van der Waals surface area contributed by atoms with Crippen LogP contribution in [0.4, 0.5) is 5.69 Å². The zero-order valence-electron chi connectivity index (χ0n) is 9.70. The van der Waals surface area contributed by atoms with Gasteiger partial charge in [-0.3, -0.25) is 0 Å². The molecule has 0 atom stereocenters. The summed E-state index contributed by atoms with van der Waals surface area (Å²) in [4.78, 5) is 0. The summed E-state index contributed by atoms with van der Waals surface area (Å²) in [5, 5.41) is 13.1. The van der Waals surface area contributed by atoms with Crippen molar-refractivity contribution >= 4 is 17.4 Å². The second kappa shape index (κ2) is 5.11. The molecule has 0 amide bonds. The van der Waals surface area contributed by atoms with Crippen molar-refractivity contribution in [1.82, 2.24) is 0 Å². The van der Waals surface area contributed by atoms with Gasteiger partial charge in [0.2, 0.25) is 0 Å². The van der Waals surface area contributed by atoms with E-state index in [1.165, 1.54) is 5.56 Å². The molecule has 0 saturated carbocycles. The highest BCUT2D eigenvalue weighted by Gasteiger charge is 2.31. The van der Waals surface area contributed by atoms with E-state index in [0.29, 0.717) is 0 Å². The van der Waals surface area contributed by atoms with Crippen LogP contribution in [0.5, 0.6) is 0 Å². The molecule has 16 heavy (non-hydrogen) atoms. The number of anilines is 1. The summed E-state index contributed by atoms with van der Waals surface area (Å²) < 4.78 is 0. The van der Waals surface area contributed by atoms with Crippen LogP contribution in [0.3, 0.4) is 0 Å². The van der Waals surface area contributed by atoms with Crippen LogP contribution in [0, 0.1) is 6.92 Å². The van der Waals surface area contributed by atoms with Gasteiger partial charge in [-0.1, -0.05) is 12.1 Å². The average Bonchev–Trinajstić information content (AvgIpc) is 2.30. The molecule has 0 bridgehead atoms. The van der Waals surface area contributed by atoms with Crippen LogP contribution in [-0.4, -0.2) is 28.8 Å². The highest BCUT2D eigenvalue weighted by Crippen LogP contribution is 2.30. The molecule has 2 nitrogen and oxygen atoms in total. The van der Waals surface area contributed by atoms with Crippen molar-refractivity contribution in [2.75, 3.05) is 23.4 Å². The minimum atomic E-state index is -0.0982. The molecule has 0 aliphatic carbocycles. The van der Waals surface area contributed by atoms with E-state index in [0.717, 1.165) is 30.0 Å². The van der Waals surface area contributed by atoms with E-state index >= 15 is 0 Å². The highest BCUT2D eigenvalue weighted by molar-refractivity contribution is 7.99. The molecular weight excluding hydrogens is 218 g/mol. The van der Waals surface area contributed by atoms with Crippen LogP contribution in [0.2, 0.25) is 0 Å². The predicted octanol–water partition coefficient (Wildman–Crippen LogP) is 2.67. The maximum atomic E-state index is 9.60.